The van der Waals surface area contributed by atoms with Crippen LogP contribution < -0.4 is 4.72 Å². The maximum absolute atomic E-state index is 13.9. The zero-order valence-corrected chi connectivity index (χ0v) is 14.9. The first-order valence-corrected chi connectivity index (χ1v) is 9.17. The van der Waals surface area contributed by atoms with Crippen LogP contribution in [0.2, 0.25) is 0 Å². The number of pyridine rings is 1. The predicted molar refractivity (Wildman–Crippen MR) is 95.0 cm³/mol. The van der Waals surface area contributed by atoms with Crippen molar-refractivity contribution in [3.8, 4) is 0 Å². The maximum Gasteiger partial charge on any atom is 0.254 e. The molecule has 1 unspecified atom stereocenters. The first-order chi connectivity index (χ1) is 13.0. The second kappa shape index (κ2) is 8.23. The van der Waals surface area contributed by atoms with Gasteiger partial charge in [-0.15, -0.1) is 0 Å². The van der Waals surface area contributed by atoms with E-state index in [1.54, 1.807) is 29.4 Å². The number of anilines is 1. The Labute approximate surface area is 157 Å². The van der Waals surface area contributed by atoms with E-state index in [0.29, 0.717) is 31.7 Å². The van der Waals surface area contributed by atoms with Gasteiger partial charge in [0.1, 0.15) is 5.82 Å². The van der Waals surface area contributed by atoms with Crippen molar-refractivity contribution in [1.82, 2.24) is 14.8 Å². The highest BCUT2D eigenvalue weighted by Gasteiger charge is 2.25. The molecule has 142 valence electrons. The smallest absolute Gasteiger partial charge is 0.254 e. The summed E-state index contributed by atoms with van der Waals surface area (Å²) in [7, 11) is 0. The molecular formula is C17H16FN4O4S-. The number of amides is 2. The van der Waals surface area contributed by atoms with E-state index >= 15 is 0 Å². The van der Waals surface area contributed by atoms with E-state index in [1.165, 1.54) is 17.0 Å². The second-order valence-electron chi connectivity index (χ2n) is 5.85. The standard InChI is InChI=1S/C17H17FN4O4S/c18-14-11-13(1-2-15(14)20-27(25)26)17(24)22-9-7-21(8-10-22)16(23)12-3-5-19-6-4-12/h1-6,11,20H,7-10H2,(H,25,26)/p-1. The lowest BCUT2D eigenvalue weighted by atomic mass is 10.1. The van der Waals surface area contributed by atoms with E-state index in [1.807, 2.05) is 4.72 Å². The van der Waals surface area contributed by atoms with Gasteiger partial charge in [-0.25, -0.2) is 4.39 Å². The summed E-state index contributed by atoms with van der Waals surface area (Å²) in [6.45, 7) is 1.37. The molecule has 1 aliphatic rings. The molecule has 0 bridgehead atoms. The van der Waals surface area contributed by atoms with Gasteiger partial charge in [0, 0.05) is 61.0 Å². The van der Waals surface area contributed by atoms with Crippen LogP contribution in [0.3, 0.4) is 0 Å². The van der Waals surface area contributed by atoms with E-state index in [2.05, 4.69) is 4.98 Å². The Morgan fingerprint density at radius 3 is 2.07 bits per heavy atom. The number of carbonyl (C=O) groups is 2. The van der Waals surface area contributed by atoms with Crippen molar-refractivity contribution in [3.63, 3.8) is 0 Å². The Balaban J connectivity index is 1.62. The van der Waals surface area contributed by atoms with Crippen LogP contribution in [0.25, 0.3) is 0 Å². The Morgan fingerprint density at radius 2 is 1.56 bits per heavy atom. The van der Waals surface area contributed by atoms with Gasteiger partial charge in [0.05, 0.1) is 5.69 Å². The summed E-state index contributed by atoms with van der Waals surface area (Å²) in [5, 5.41) is 0. The largest absolute Gasteiger partial charge is 0.755 e. The minimum Gasteiger partial charge on any atom is -0.755 e. The summed E-state index contributed by atoms with van der Waals surface area (Å²) in [5.74, 6) is -1.34. The Kier molecular flexibility index (Phi) is 5.77. The van der Waals surface area contributed by atoms with Crippen molar-refractivity contribution >= 4 is 28.8 Å². The zero-order valence-electron chi connectivity index (χ0n) is 14.1. The summed E-state index contributed by atoms with van der Waals surface area (Å²) >= 11 is -2.65. The maximum atomic E-state index is 13.9. The molecule has 1 fully saturated rings. The average molecular weight is 391 g/mol. The van der Waals surface area contributed by atoms with Crippen molar-refractivity contribution in [2.24, 2.45) is 0 Å². The van der Waals surface area contributed by atoms with Gasteiger partial charge in [0.25, 0.3) is 11.8 Å². The lowest BCUT2D eigenvalue weighted by molar-refractivity contribution is 0.0535. The Morgan fingerprint density at radius 1 is 1.00 bits per heavy atom. The molecule has 10 heteroatoms. The van der Waals surface area contributed by atoms with Gasteiger partial charge in [-0.2, -0.15) is 0 Å². The number of carbonyl (C=O) groups excluding carboxylic acids is 2. The molecule has 2 heterocycles. The molecule has 27 heavy (non-hydrogen) atoms. The molecule has 8 nitrogen and oxygen atoms in total. The number of aromatic nitrogens is 1. The summed E-state index contributed by atoms with van der Waals surface area (Å²) in [5.41, 5.74) is 0.419. The van der Waals surface area contributed by atoms with Crippen molar-refractivity contribution in [2.45, 2.75) is 0 Å². The number of nitrogens with zero attached hydrogens (tertiary/aromatic N) is 3. The summed E-state index contributed by atoms with van der Waals surface area (Å²) < 4.78 is 37.0. The molecule has 1 saturated heterocycles. The minimum atomic E-state index is -2.65. The molecule has 1 aliphatic heterocycles. The van der Waals surface area contributed by atoms with Crippen LogP contribution in [0.4, 0.5) is 10.1 Å². The molecule has 2 amide bonds. The van der Waals surface area contributed by atoms with Crippen LogP contribution in [-0.2, 0) is 11.3 Å². The highest BCUT2D eigenvalue weighted by molar-refractivity contribution is 7.80. The molecular weight excluding hydrogens is 375 g/mol. The molecule has 0 aliphatic carbocycles. The van der Waals surface area contributed by atoms with Gasteiger partial charge in [0.15, 0.2) is 0 Å². The number of nitrogens with one attached hydrogen (secondary N) is 1. The van der Waals surface area contributed by atoms with Gasteiger partial charge >= 0.3 is 0 Å². The van der Waals surface area contributed by atoms with Gasteiger partial charge < -0.3 is 19.1 Å². The van der Waals surface area contributed by atoms with E-state index in [4.69, 9.17) is 0 Å². The van der Waals surface area contributed by atoms with Crippen molar-refractivity contribution in [3.05, 3.63) is 59.7 Å². The predicted octanol–water partition coefficient (Wildman–Crippen LogP) is 1.02. The third-order valence-electron chi connectivity index (χ3n) is 4.19. The van der Waals surface area contributed by atoms with Gasteiger partial charge in [-0.05, 0) is 30.3 Å². The van der Waals surface area contributed by atoms with Crippen LogP contribution in [0.5, 0.6) is 0 Å². The molecule has 1 aromatic carbocycles. The molecule has 1 aromatic heterocycles. The number of piperazine rings is 1. The SMILES string of the molecule is O=C(c1ccncc1)N1CCN(C(=O)c2ccc(NS(=O)[O-])c(F)c2)CC1. The fourth-order valence-corrected chi connectivity index (χ4v) is 3.14. The van der Waals surface area contributed by atoms with E-state index in [9.17, 15) is 22.7 Å². The topological polar surface area (TPSA) is 106 Å². The fraction of sp³-hybridized carbons (Fsp3) is 0.235. The van der Waals surface area contributed by atoms with E-state index < -0.39 is 17.1 Å². The third-order valence-corrected chi connectivity index (χ3v) is 4.58. The first kappa shape index (κ1) is 18.9. The van der Waals surface area contributed by atoms with Crippen LogP contribution >= 0.6 is 0 Å². The van der Waals surface area contributed by atoms with E-state index in [0.717, 1.165) is 6.07 Å². The Hall–Kier alpha value is -2.85. The Bertz CT molecular complexity index is 872. The molecule has 0 spiro atoms. The normalized spacial score (nSPS) is 15.3. The molecule has 2 aromatic rings. The number of halogens is 1. The van der Waals surface area contributed by atoms with Crippen LogP contribution in [0, 0.1) is 5.82 Å². The monoisotopic (exact) mass is 391 g/mol. The van der Waals surface area contributed by atoms with Crippen molar-refractivity contribution < 1.29 is 22.7 Å². The molecule has 1 N–H and O–H groups in total. The van der Waals surface area contributed by atoms with Gasteiger partial charge in [0.2, 0.25) is 0 Å². The quantitative estimate of drug-likeness (QED) is 0.784. The molecule has 1 atom stereocenters. The van der Waals surface area contributed by atoms with Crippen molar-refractivity contribution in [2.75, 3.05) is 30.9 Å². The fourth-order valence-electron chi connectivity index (χ4n) is 2.79. The van der Waals surface area contributed by atoms with Crippen molar-refractivity contribution in [1.29, 1.82) is 0 Å². The highest BCUT2D eigenvalue weighted by Crippen LogP contribution is 2.18. The average Bonchev–Trinajstić information content (AvgIpc) is 2.69. The lowest BCUT2D eigenvalue weighted by Crippen LogP contribution is -2.50. The minimum absolute atomic E-state index is 0.114. The third kappa shape index (κ3) is 4.47. The second-order valence-corrected chi connectivity index (χ2v) is 6.53. The van der Waals surface area contributed by atoms with Crippen LogP contribution in [0.1, 0.15) is 20.7 Å². The lowest BCUT2D eigenvalue weighted by Gasteiger charge is -2.34. The first-order valence-electron chi connectivity index (χ1n) is 8.10. The summed E-state index contributed by atoms with van der Waals surface area (Å²) in [4.78, 5) is 32.0. The molecule has 3 rings (SSSR count). The van der Waals surface area contributed by atoms with Gasteiger partial charge in [-0.1, -0.05) is 0 Å². The summed E-state index contributed by atoms with van der Waals surface area (Å²) in [6, 6.07) is 6.81. The number of hydrogen-bond donors (Lipinski definition) is 1. The summed E-state index contributed by atoms with van der Waals surface area (Å²) in [6.07, 6.45) is 3.09. The number of hydrogen-bond acceptors (Lipinski definition) is 5. The molecule has 0 saturated carbocycles. The number of rotatable bonds is 4. The van der Waals surface area contributed by atoms with Crippen LogP contribution in [-0.4, -0.2) is 61.5 Å². The van der Waals surface area contributed by atoms with Crippen LogP contribution in [0.15, 0.2) is 42.7 Å². The van der Waals surface area contributed by atoms with E-state index in [-0.39, 0.29) is 23.1 Å². The molecule has 0 radical (unpaired) electrons. The zero-order chi connectivity index (χ0) is 19.4. The van der Waals surface area contributed by atoms with Gasteiger partial charge in [-0.3, -0.25) is 18.8 Å². The highest BCUT2D eigenvalue weighted by atomic mass is 32.2. The number of benzene rings is 1.